The van der Waals surface area contributed by atoms with Crippen LogP contribution in [0.25, 0.3) is 10.9 Å². The molecule has 1 aromatic carbocycles. The topological polar surface area (TPSA) is 75.1 Å². The van der Waals surface area contributed by atoms with Gasteiger partial charge in [0.2, 0.25) is 0 Å². The van der Waals surface area contributed by atoms with E-state index in [4.69, 9.17) is 21.1 Å². The molecule has 1 aromatic heterocycles. The molecule has 6 heteroatoms. The third-order valence-corrected chi connectivity index (χ3v) is 4.40. The summed E-state index contributed by atoms with van der Waals surface area (Å²) >= 11 is 6.29. The van der Waals surface area contributed by atoms with Crippen LogP contribution >= 0.6 is 11.6 Å². The zero-order valence-electron chi connectivity index (χ0n) is 13.0. The zero-order chi connectivity index (χ0) is 16.6. The predicted molar refractivity (Wildman–Crippen MR) is 86.0 cm³/mol. The van der Waals surface area contributed by atoms with Gasteiger partial charge in [0.1, 0.15) is 0 Å². The summed E-state index contributed by atoms with van der Waals surface area (Å²) in [6, 6.07) is 5.61. The molecule has 120 valence electrons. The first kappa shape index (κ1) is 15.9. The number of halogens is 1. The summed E-state index contributed by atoms with van der Waals surface area (Å²) in [5.74, 6) is -1.54. The largest absolute Gasteiger partial charge is 0.427 e. The Morgan fingerprint density at radius 3 is 3.00 bits per heavy atom. The van der Waals surface area contributed by atoms with Crippen molar-refractivity contribution in [2.24, 2.45) is 0 Å². The van der Waals surface area contributed by atoms with E-state index in [-0.39, 0.29) is 0 Å². The Hall–Kier alpha value is -2.03. The summed E-state index contributed by atoms with van der Waals surface area (Å²) in [5.41, 5.74) is 2.88. The first-order valence-electron chi connectivity index (χ1n) is 7.59. The van der Waals surface area contributed by atoms with E-state index in [0.29, 0.717) is 41.2 Å². The Balaban J connectivity index is 2.30. The molecule has 5 nitrogen and oxygen atoms in total. The first-order chi connectivity index (χ1) is 11.0. The van der Waals surface area contributed by atoms with Gasteiger partial charge >= 0.3 is 5.97 Å². The molecule has 1 aliphatic rings. The van der Waals surface area contributed by atoms with Crippen LogP contribution in [0.5, 0.6) is 0 Å². The van der Waals surface area contributed by atoms with Gasteiger partial charge in [0.05, 0.1) is 34.5 Å². The van der Waals surface area contributed by atoms with E-state index in [0.717, 1.165) is 17.4 Å². The minimum Gasteiger partial charge on any atom is -0.427 e. The molecule has 1 atom stereocenters. The molecule has 0 amide bonds. The fourth-order valence-electron chi connectivity index (χ4n) is 3.29. The van der Waals surface area contributed by atoms with Gasteiger partial charge in [0.15, 0.2) is 0 Å². The molecule has 0 spiro atoms. The first-order valence-corrected chi connectivity index (χ1v) is 7.97. The molecule has 23 heavy (non-hydrogen) atoms. The van der Waals surface area contributed by atoms with E-state index >= 15 is 0 Å². The normalized spacial score (nSPS) is 20.1. The van der Waals surface area contributed by atoms with Crippen LogP contribution in [-0.4, -0.2) is 17.6 Å². The fourth-order valence-corrected chi connectivity index (χ4v) is 3.49. The summed E-state index contributed by atoms with van der Waals surface area (Å²) in [5, 5.41) is 10.7. The van der Waals surface area contributed by atoms with E-state index in [1.54, 1.807) is 12.1 Å². The number of carbonyl (C=O) groups is 1. The smallest absolute Gasteiger partial charge is 0.305 e. The second-order valence-electron chi connectivity index (χ2n) is 5.63. The summed E-state index contributed by atoms with van der Waals surface area (Å²) in [6.45, 7) is 3.79. The Morgan fingerprint density at radius 2 is 2.35 bits per heavy atom. The number of aromatic amines is 1. The molecule has 0 saturated heterocycles. The number of hydrogen-bond acceptors (Lipinski definition) is 4. The van der Waals surface area contributed by atoms with Crippen LogP contribution in [0.2, 0.25) is 5.02 Å². The van der Waals surface area contributed by atoms with E-state index in [1.165, 1.54) is 6.92 Å². The van der Waals surface area contributed by atoms with Gasteiger partial charge in [-0.15, -0.1) is 0 Å². The highest BCUT2D eigenvalue weighted by atomic mass is 35.5. The van der Waals surface area contributed by atoms with Crippen molar-refractivity contribution in [1.29, 1.82) is 5.26 Å². The van der Waals surface area contributed by atoms with E-state index in [2.05, 4.69) is 11.1 Å². The lowest BCUT2D eigenvalue weighted by Crippen LogP contribution is -2.39. The number of ether oxygens (including phenoxy) is 2. The van der Waals surface area contributed by atoms with Crippen molar-refractivity contribution in [3.8, 4) is 6.07 Å². The molecule has 2 heterocycles. The second-order valence-corrected chi connectivity index (χ2v) is 6.04. The average Bonchev–Trinajstić information content (AvgIpc) is 2.90. The average molecular weight is 333 g/mol. The lowest BCUT2D eigenvalue weighted by atomic mass is 9.95. The van der Waals surface area contributed by atoms with Crippen LogP contribution in [0.15, 0.2) is 12.1 Å². The highest BCUT2D eigenvalue weighted by molar-refractivity contribution is 6.35. The molecule has 3 rings (SSSR count). The standard InChI is InChI=1S/C17H17ClN2O3/c1-3-7-17(23-10(2)21)16-12(6-8-22-17)14-11(9-19)4-5-13(18)15(14)20-16/h4-5,20H,3,6-8H2,1-2H3. The molecular weight excluding hydrogens is 316 g/mol. The molecule has 2 aromatic rings. The van der Waals surface area contributed by atoms with Crippen LogP contribution < -0.4 is 0 Å². The van der Waals surface area contributed by atoms with Gasteiger partial charge in [-0.1, -0.05) is 18.5 Å². The number of H-pyrrole nitrogens is 1. The number of aromatic nitrogens is 1. The Bertz CT molecular complexity index is 821. The molecule has 1 aliphatic heterocycles. The van der Waals surface area contributed by atoms with Gasteiger partial charge < -0.3 is 14.5 Å². The molecule has 0 saturated carbocycles. The number of benzene rings is 1. The van der Waals surface area contributed by atoms with Crippen molar-refractivity contribution in [2.45, 2.75) is 38.9 Å². The number of hydrogen-bond donors (Lipinski definition) is 1. The number of esters is 1. The van der Waals surface area contributed by atoms with Crippen LogP contribution in [0.1, 0.15) is 43.5 Å². The summed E-state index contributed by atoms with van der Waals surface area (Å²) in [6.07, 6.45) is 1.95. The second kappa shape index (κ2) is 5.88. The third-order valence-electron chi connectivity index (χ3n) is 4.08. The maximum atomic E-state index is 11.6. The van der Waals surface area contributed by atoms with Gasteiger partial charge in [-0.2, -0.15) is 5.26 Å². The summed E-state index contributed by atoms with van der Waals surface area (Å²) < 4.78 is 11.5. The number of nitrogens with zero attached hydrogens (tertiary/aromatic N) is 1. The number of nitrogens with one attached hydrogen (secondary N) is 1. The van der Waals surface area contributed by atoms with Crippen molar-refractivity contribution in [3.63, 3.8) is 0 Å². The number of nitriles is 1. The van der Waals surface area contributed by atoms with E-state index < -0.39 is 11.8 Å². The molecular formula is C17H17ClN2O3. The van der Waals surface area contributed by atoms with Gasteiger partial charge in [-0.3, -0.25) is 4.79 Å². The maximum Gasteiger partial charge on any atom is 0.305 e. The number of fused-ring (bicyclic) bond motifs is 3. The van der Waals surface area contributed by atoms with E-state index in [9.17, 15) is 10.1 Å². The van der Waals surface area contributed by atoms with Gasteiger partial charge in [-0.25, -0.2) is 0 Å². The van der Waals surface area contributed by atoms with Crippen molar-refractivity contribution >= 4 is 28.5 Å². The predicted octanol–water partition coefficient (Wildman–Crippen LogP) is 3.78. The number of carbonyl (C=O) groups excluding carboxylic acids is 1. The van der Waals surface area contributed by atoms with Gasteiger partial charge in [0.25, 0.3) is 5.79 Å². The molecule has 1 unspecified atom stereocenters. The van der Waals surface area contributed by atoms with Gasteiger partial charge in [0, 0.05) is 18.7 Å². The van der Waals surface area contributed by atoms with Crippen LogP contribution in [0.3, 0.4) is 0 Å². The number of rotatable bonds is 3. The van der Waals surface area contributed by atoms with E-state index in [1.807, 2.05) is 6.92 Å². The SMILES string of the molecule is CCCC1(OC(C)=O)OCCc2c1[nH]c1c(Cl)ccc(C#N)c21. The molecule has 0 bridgehead atoms. The highest BCUT2D eigenvalue weighted by Gasteiger charge is 2.43. The van der Waals surface area contributed by atoms with Crippen molar-refractivity contribution in [3.05, 3.63) is 34.0 Å². The summed E-state index contributed by atoms with van der Waals surface area (Å²) in [7, 11) is 0. The molecule has 0 fully saturated rings. The van der Waals surface area contributed by atoms with Crippen molar-refractivity contribution < 1.29 is 14.3 Å². The zero-order valence-corrected chi connectivity index (χ0v) is 13.8. The third kappa shape index (κ3) is 2.48. The Morgan fingerprint density at radius 1 is 1.57 bits per heavy atom. The fraction of sp³-hybridized carbons (Fsp3) is 0.412. The molecule has 0 radical (unpaired) electrons. The van der Waals surface area contributed by atoms with Crippen molar-refractivity contribution in [1.82, 2.24) is 4.98 Å². The lowest BCUT2D eigenvalue weighted by Gasteiger charge is -2.36. The summed E-state index contributed by atoms with van der Waals surface area (Å²) in [4.78, 5) is 14.9. The highest BCUT2D eigenvalue weighted by Crippen LogP contribution is 2.43. The van der Waals surface area contributed by atoms with Crippen LogP contribution in [0, 0.1) is 11.3 Å². The van der Waals surface area contributed by atoms with Crippen LogP contribution in [0.4, 0.5) is 0 Å². The maximum absolute atomic E-state index is 11.6. The molecule has 0 aliphatic carbocycles. The monoisotopic (exact) mass is 332 g/mol. The minimum absolute atomic E-state index is 0.406. The minimum atomic E-state index is -1.14. The lowest BCUT2D eigenvalue weighted by molar-refractivity contribution is -0.247. The van der Waals surface area contributed by atoms with Crippen molar-refractivity contribution in [2.75, 3.05) is 6.61 Å². The molecule has 1 N–H and O–H groups in total. The quantitative estimate of drug-likeness (QED) is 0.868. The van der Waals surface area contributed by atoms with Gasteiger partial charge in [-0.05, 0) is 30.5 Å². The Kier molecular flexibility index (Phi) is 4.05. The van der Waals surface area contributed by atoms with Crippen LogP contribution in [-0.2, 0) is 26.5 Å². The Labute approximate surface area is 139 Å².